The molecule has 0 radical (unpaired) electrons. The molecule has 1 aliphatic rings. The summed E-state index contributed by atoms with van der Waals surface area (Å²) in [5, 5.41) is 0. The predicted molar refractivity (Wildman–Crippen MR) is 50.3 cm³/mol. The second-order valence-corrected chi connectivity index (χ2v) is 3.60. The van der Waals surface area contributed by atoms with Gasteiger partial charge in [-0.3, -0.25) is 4.79 Å². The summed E-state index contributed by atoms with van der Waals surface area (Å²) in [6, 6.07) is 5.28. The van der Waals surface area contributed by atoms with Gasteiger partial charge >= 0.3 is 5.97 Å². The Kier molecular flexibility index (Phi) is 2.00. The zero-order valence-electron chi connectivity index (χ0n) is 6.91. The fourth-order valence-corrected chi connectivity index (χ4v) is 1.68. The smallest absolute Gasteiger partial charge is 0.329 e. The Morgan fingerprint density at radius 1 is 1.54 bits per heavy atom. The molecule has 1 aromatic rings. The molecule has 4 heteroatoms. The number of hydrogen-bond donors (Lipinski definition) is 0. The molecule has 2 rings (SSSR count). The summed E-state index contributed by atoms with van der Waals surface area (Å²) >= 11 is 3.24. The van der Waals surface area contributed by atoms with E-state index in [9.17, 15) is 4.79 Å². The molecule has 0 spiro atoms. The minimum absolute atomic E-state index is 0.275. The minimum atomic E-state index is -0.363. The van der Waals surface area contributed by atoms with Gasteiger partial charge in [0.1, 0.15) is 16.3 Å². The molecule has 0 saturated carbocycles. The first-order valence-corrected chi connectivity index (χ1v) is 4.67. The molecule has 0 saturated heterocycles. The molecule has 1 aromatic carbocycles. The van der Waals surface area contributed by atoms with E-state index in [1.54, 1.807) is 25.3 Å². The third kappa shape index (κ3) is 1.31. The minimum Gasteiger partial charge on any atom is -0.497 e. The Bertz CT molecular complexity index is 362. The van der Waals surface area contributed by atoms with Crippen LogP contribution in [0.1, 0.15) is 10.4 Å². The highest BCUT2D eigenvalue weighted by Crippen LogP contribution is 2.40. The number of fused-ring (bicyclic) bond motifs is 1. The number of methoxy groups -OCH3 is 1. The molecule has 0 aromatic heterocycles. The maximum Gasteiger partial charge on any atom is 0.329 e. The molecule has 13 heavy (non-hydrogen) atoms. The third-order valence-electron chi connectivity index (χ3n) is 1.91. The SMILES string of the molecule is COc1ccc2c(c1)C(Br)C(=O)O2. The number of rotatable bonds is 1. The molecule has 0 amide bonds. The average molecular weight is 243 g/mol. The average Bonchev–Trinajstić information content (AvgIpc) is 2.43. The van der Waals surface area contributed by atoms with Crippen LogP contribution in [0.2, 0.25) is 0 Å². The fraction of sp³-hybridized carbons (Fsp3) is 0.222. The van der Waals surface area contributed by atoms with E-state index in [1.807, 2.05) is 0 Å². The maximum atomic E-state index is 11.1. The number of ether oxygens (including phenoxy) is 2. The van der Waals surface area contributed by atoms with Crippen molar-refractivity contribution in [3.05, 3.63) is 23.8 Å². The lowest BCUT2D eigenvalue weighted by atomic mass is 10.1. The van der Waals surface area contributed by atoms with Gasteiger partial charge in [-0.05, 0) is 18.2 Å². The van der Waals surface area contributed by atoms with Crippen molar-refractivity contribution in [3.63, 3.8) is 0 Å². The summed E-state index contributed by atoms with van der Waals surface area (Å²) in [7, 11) is 1.59. The van der Waals surface area contributed by atoms with E-state index in [0.717, 1.165) is 11.3 Å². The monoisotopic (exact) mass is 242 g/mol. The van der Waals surface area contributed by atoms with Gasteiger partial charge in [-0.2, -0.15) is 0 Å². The zero-order chi connectivity index (χ0) is 9.42. The van der Waals surface area contributed by atoms with E-state index in [1.165, 1.54) is 0 Å². The topological polar surface area (TPSA) is 35.5 Å². The number of benzene rings is 1. The van der Waals surface area contributed by atoms with Crippen molar-refractivity contribution in [1.82, 2.24) is 0 Å². The maximum absolute atomic E-state index is 11.1. The quantitative estimate of drug-likeness (QED) is 0.430. The lowest BCUT2D eigenvalue weighted by molar-refractivity contribution is -0.131. The number of carbonyl (C=O) groups is 1. The van der Waals surface area contributed by atoms with Crippen molar-refractivity contribution in [1.29, 1.82) is 0 Å². The second kappa shape index (κ2) is 3.03. The predicted octanol–water partition coefficient (Wildman–Crippen LogP) is 2.05. The van der Waals surface area contributed by atoms with Crippen molar-refractivity contribution in [2.24, 2.45) is 0 Å². The number of esters is 1. The van der Waals surface area contributed by atoms with Crippen molar-refractivity contribution < 1.29 is 14.3 Å². The van der Waals surface area contributed by atoms with Crippen LogP contribution >= 0.6 is 15.9 Å². The summed E-state index contributed by atoms with van der Waals surface area (Å²) in [5.41, 5.74) is 0.823. The molecule has 3 nitrogen and oxygen atoms in total. The number of carbonyl (C=O) groups excluding carboxylic acids is 1. The van der Waals surface area contributed by atoms with Gasteiger partial charge < -0.3 is 9.47 Å². The number of halogens is 1. The molecule has 1 heterocycles. The molecule has 0 fully saturated rings. The van der Waals surface area contributed by atoms with E-state index >= 15 is 0 Å². The van der Waals surface area contributed by atoms with Crippen molar-refractivity contribution in [2.75, 3.05) is 7.11 Å². The molecular weight excluding hydrogens is 236 g/mol. The number of hydrogen-bond acceptors (Lipinski definition) is 3. The third-order valence-corrected chi connectivity index (χ3v) is 2.77. The van der Waals surface area contributed by atoms with E-state index in [2.05, 4.69) is 15.9 Å². The standard InChI is InChI=1S/C9H7BrO3/c1-12-5-2-3-7-6(4-5)8(10)9(11)13-7/h2-4,8H,1H3. The molecule has 1 atom stereocenters. The normalized spacial score (nSPS) is 19.5. The molecule has 0 bridgehead atoms. The highest BCUT2D eigenvalue weighted by Gasteiger charge is 2.30. The van der Waals surface area contributed by atoms with Gasteiger partial charge in [0.15, 0.2) is 0 Å². The van der Waals surface area contributed by atoms with Crippen molar-refractivity contribution >= 4 is 21.9 Å². The van der Waals surface area contributed by atoms with E-state index < -0.39 is 0 Å². The lowest BCUT2D eigenvalue weighted by Crippen LogP contribution is -2.03. The first kappa shape index (κ1) is 8.56. The van der Waals surface area contributed by atoms with Crippen LogP contribution in [0.3, 0.4) is 0 Å². The summed E-state index contributed by atoms with van der Waals surface area (Å²) < 4.78 is 10.0. The van der Waals surface area contributed by atoms with Gasteiger partial charge in [0.2, 0.25) is 0 Å². The van der Waals surface area contributed by atoms with Crippen molar-refractivity contribution in [2.45, 2.75) is 4.83 Å². The Hall–Kier alpha value is -1.03. The first-order chi connectivity index (χ1) is 6.22. The second-order valence-electron chi connectivity index (χ2n) is 2.69. The molecular formula is C9H7BrO3. The van der Waals surface area contributed by atoms with Crippen LogP contribution in [0, 0.1) is 0 Å². The van der Waals surface area contributed by atoms with Crippen LogP contribution in [0.25, 0.3) is 0 Å². The largest absolute Gasteiger partial charge is 0.497 e. The molecule has 1 aliphatic heterocycles. The van der Waals surface area contributed by atoms with Gasteiger partial charge in [-0.15, -0.1) is 0 Å². The fourth-order valence-electron chi connectivity index (χ4n) is 1.23. The Labute approximate surface area is 83.8 Å². The van der Waals surface area contributed by atoms with Crippen LogP contribution in [0.5, 0.6) is 11.5 Å². The van der Waals surface area contributed by atoms with Crippen LogP contribution in [0.4, 0.5) is 0 Å². The summed E-state index contributed by atoms with van der Waals surface area (Å²) in [5.74, 6) is 1.05. The summed E-state index contributed by atoms with van der Waals surface area (Å²) in [6.45, 7) is 0. The van der Waals surface area contributed by atoms with Crippen LogP contribution in [0.15, 0.2) is 18.2 Å². The Balaban J connectivity index is 2.47. The molecule has 68 valence electrons. The van der Waals surface area contributed by atoms with Crippen molar-refractivity contribution in [3.8, 4) is 11.5 Å². The van der Waals surface area contributed by atoms with Gasteiger partial charge in [0.05, 0.1) is 7.11 Å². The first-order valence-electron chi connectivity index (χ1n) is 3.76. The highest BCUT2D eigenvalue weighted by molar-refractivity contribution is 9.09. The Morgan fingerprint density at radius 2 is 2.31 bits per heavy atom. The molecule has 0 N–H and O–H groups in total. The summed E-state index contributed by atoms with van der Waals surface area (Å²) in [6.07, 6.45) is 0. The van der Waals surface area contributed by atoms with E-state index in [4.69, 9.17) is 9.47 Å². The van der Waals surface area contributed by atoms with Crippen LogP contribution < -0.4 is 9.47 Å². The molecule has 0 aliphatic carbocycles. The number of alkyl halides is 1. The van der Waals surface area contributed by atoms with Gasteiger partial charge in [0.25, 0.3) is 0 Å². The molecule has 1 unspecified atom stereocenters. The lowest BCUT2D eigenvalue weighted by Gasteiger charge is -2.01. The van der Waals surface area contributed by atoms with Crippen LogP contribution in [-0.2, 0) is 4.79 Å². The van der Waals surface area contributed by atoms with Gasteiger partial charge in [0, 0.05) is 5.56 Å². The van der Waals surface area contributed by atoms with Gasteiger partial charge in [-0.1, -0.05) is 15.9 Å². The highest BCUT2D eigenvalue weighted by atomic mass is 79.9. The zero-order valence-corrected chi connectivity index (χ0v) is 8.50. The Morgan fingerprint density at radius 3 is 3.00 bits per heavy atom. The van der Waals surface area contributed by atoms with E-state index in [-0.39, 0.29) is 10.8 Å². The van der Waals surface area contributed by atoms with Crippen LogP contribution in [-0.4, -0.2) is 13.1 Å². The van der Waals surface area contributed by atoms with E-state index in [0.29, 0.717) is 5.75 Å². The van der Waals surface area contributed by atoms with Gasteiger partial charge in [-0.25, -0.2) is 0 Å². The summed E-state index contributed by atoms with van der Waals surface area (Å²) in [4.78, 5) is 10.8.